The van der Waals surface area contributed by atoms with E-state index in [1.165, 1.54) is 32.1 Å². The minimum Gasteiger partial charge on any atom is -0.493 e. The second-order valence-corrected chi connectivity index (χ2v) is 14.6. The van der Waals surface area contributed by atoms with E-state index in [4.69, 9.17) is 32.9 Å². The second-order valence-electron chi connectivity index (χ2n) is 12.2. The van der Waals surface area contributed by atoms with Gasteiger partial charge in [0.2, 0.25) is 5.88 Å². The number of hydrogen-bond donors (Lipinski definition) is 2. The maximum absolute atomic E-state index is 12.4. The number of hydrogen-bond acceptors (Lipinski definition) is 5. The summed E-state index contributed by atoms with van der Waals surface area (Å²) in [4.78, 5) is 4.98. The molecule has 48 heavy (non-hydrogen) atoms. The number of rotatable bonds is 9. The van der Waals surface area contributed by atoms with Crippen LogP contribution in [0.25, 0.3) is 28.1 Å². The Labute approximate surface area is 290 Å². The lowest BCUT2D eigenvalue weighted by molar-refractivity contribution is 0.209. The molecular weight excluding hydrogens is 667 g/mol. The Hall–Kier alpha value is -4.44. The molecule has 0 radical (unpaired) electrons. The van der Waals surface area contributed by atoms with E-state index in [2.05, 4.69) is 41.1 Å². The Morgan fingerprint density at radius 1 is 0.854 bits per heavy atom. The predicted octanol–water partition coefficient (Wildman–Crippen LogP) is 9.07. The number of aromatic nitrogens is 2. The van der Waals surface area contributed by atoms with Gasteiger partial charge in [-0.3, -0.25) is 0 Å². The topological polar surface area (TPSA) is 96.7 Å². The van der Waals surface area contributed by atoms with Crippen molar-refractivity contribution in [2.75, 3.05) is 10.9 Å². The first-order valence-corrected chi connectivity index (χ1v) is 18.1. The van der Waals surface area contributed by atoms with Gasteiger partial charge >= 0.3 is 10.2 Å². The Bertz CT molecular complexity index is 2060. The van der Waals surface area contributed by atoms with Crippen LogP contribution in [0.15, 0.2) is 109 Å². The fraction of sp³-hybridized carbons (Fsp3) is 0.216. The van der Waals surface area contributed by atoms with Gasteiger partial charge in [-0.2, -0.15) is 8.42 Å². The number of aliphatic hydroxyl groups is 1. The first kappa shape index (κ1) is 32.1. The highest BCUT2D eigenvalue weighted by atomic mass is 35.5. The summed E-state index contributed by atoms with van der Waals surface area (Å²) in [5.41, 5.74) is 5.86. The number of ether oxygens (including phenoxy) is 1. The van der Waals surface area contributed by atoms with Crippen LogP contribution in [-0.2, 0) is 16.6 Å². The van der Waals surface area contributed by atoms with Crippen LogP contribution >= 0.6 is 23.2 Å². The lowest BCUT2D eigenvalue weighted by Crippen LogP contribution is -2.29. The van der Waals surface area contributed by atoms with E-state index in [1.54, 1.807) is 36.4 Å². The Kier molecular flexibility index (Phi) is 9.09. The summed E-state index contributed by atoms with van der Waals surface area (Å²) < 4.78 is 35.8. The molecule has 7 rings (SSSR count). The molecule has 1 saturated carbocycles. The van der Waals surface area contributed by atoms with E-state index in [-0.39, 0.29) is 0 Å². The fourth-order valence-corrected chi connectivity index (χ4v) is 7.82. The van der Waals surface area contributed by atoms with Crippen molar-refractivity contribution in [3.63, 3.8) is 0 Å². The van der Waals surface area contributed by atoms with Gasteiger partial charge in [0, 0.05) is 28.9 Å². The molecule has 2 N–H and O–H groups in total. The maximum atomic E-state index is 12.4. The molecule has 0 unspecified atom stereocenters. The number of nitrogens with one attached hydrogen (secondary N) is 1. The molecule has 1 fully saturated rings. The van der Waals surface area contributed by atoms with Crippen molar-refractivity contribution in [1.29, 1.82) is 0 Å². The number of aliphatic hydroxyl groups excluding tert-OH is 1. The van der Waals surface area contributed by atoms with Gasteiger partial charge in [-0.1, -0.05) is 78.9 Å². The molecule has 5 aromatic rings. The van der Waals surface area contributed by atoms with Gasteiger partial charge in [-0.25, -0.2) is 14.0 Å². The van der Waals surface area contributed by atoms with E-state index in [9.17, 15) is 13.5 Å². The van der Waals surface area contributed by atoms with Gasteiger partial charge in [0.15, 0.2) is 0 Å². The minimum atomic E-state index is -3.90. The van der Waals surface area contributed by atoms with Crippen LogP contribution in [0.5, 0.6) is 5.75 Å². The van der Waals surface area contributed by atoms with Crippen LogP contribution in [0, 0.1) is 5.92 Å². The zero-order chi connectivity index (χ0) is 33.3. The lowest BCUT2D eigenvalue weighted by Gasteiger charge is -2.21. The molecule has 8 nitrogen and oxygen atoms in total. The van der Waals surface area contributed by atoms with Crippen LogP contribution in [0.2, 0.25) is 10.0 Å². The average molecular weight is 702 g/mol. The van der Waals surface area contributed by atoms with Gasteiger partial charge in [-0.05, 0) is 90.0 Å². The highest BCUT2D eigenvalue weighted by molar-refractivity contribution is 7.91. The van der Waals surface area contributed by atoms with Crippen LogP contribution in [0.4, 0.5) is 5.69 Å². The maximum Gasteiger partial charge on any atom is 0.330 e. The molecule has 1 aromatic heterocycles. The highest BCUT2D eigenvalue weighted by Crippen LogP contribution is 2.33. The summed E-state index contributed by atoms with van der Waals surface area (Å²) in [7, 11) is -3.90. The predicted molar refractivity (Wildman–Crippen MR) is 191 cm³/mol. The standard InChI is InChI=1S/C37H34Cl2N4O4S/c38-29-12-19-33(34(39)21-29)35-22-42(30-13-15-31(16-14-30)43-23-37(44)41-48(43,45)46)36(40-35)20-25-6-8-27(9-7-25)28-10-17-32(18-11-28)47-24-26-4-2-1-3-5-26/h6-19,21-23,26,41,44H,1-5,20,24H2. The molecule has 1 aliphatic carbocycles. The number of nitrogens with zero attached hydrogens (tertiary/aromatic N) is 3. The molecule has 0 bridgehead atoms. The third-order valence-corrected chi connectivity index (χ3v) is 10.7. The van der Waals surface area contributed by atoms with Crippen molar-refractivity contribution in [3.8, 4) is 33.8 Å². The van der Waals surface area contributed by atoms with E-state index in [0.29, 0.717) is 33.8 Å². The Morgan fingerprint density at radius 2 is 1.52 bits per heavy atom. The van der Waals surface area contributed by atoms with Crippen LogP contribution in [-0.4, -0.2) is 29.7 Å². The molecule has 246 valence electrons. The quantitative estimate of drug-likeness (QED) is 0.160. The van der Waals surface area contributed by atoms with Crippen molar-refractivity contribution in [3.05, 3.63) is 131 Å². The van der Waals surface area contributed by atoms with Crippen molar-refractivity contribution in [2.45, 2.75) is 38.5 Å². The Balaban J connectivity index is 1.12. The normalized spacial score (nSPS) is 16.0. The molecule has 0 spiro atoms. The van der Waals surface area contributed by atoms with Crippen molar-refractivity contribution >= 4 is 39.1 Å². The zero-order valence-electron chi connectivity index (χ0n) is 26.0. The summed E-state index contributed by atoms with van der Waals surface area (Å²) in [5, 5.41) is 10.7. The third kappa shape index (κ3) is 7.04. The SMILES string of the molecule is O=S1(=O)NC(O)=CN1c1ccc(-n2cc(-c3ccc(Cl)cc3Cl)nc2Cc2ccc(-c3ccc(OCC4CCCCC4)cc3)cc2)cc1. The minimum absolute atomic E-state index is 0.373. The molecule has 1 aliphatic heterocycles. The van der Waals surface area contributed by atoms with Gasteiger partial charge in [-0.15, -0.1) is 0 Å². The van der Waals surface area contributed by atoms with E-state index < -0.39 is 16.1 Å². The van der Waals surface area contributed by atoms with E-state index >= 15 is 0 Å². The number of anilines is 1. The van der Waals surface area contributed by atoms with Crippen molar-refractivity contribution in [1.82, 2.24) is 14.3 Å². The lowest BCUT2D eigenvalue weighted by atomic mass is 9.90. The first-order valence-electron chi connectivity index (χ1n) is 15.9. The molecule has 2 heterocycles. The summed E-state index contributed by atoms with van der Waals surface area (Å²) in [6.45, 7) is 0.791. The molecule has 4 aromatic carbocycles. The largest absolute Gasteiger partial charge is 0.493 e. The molecule has 2 aliphatic rings. The smallest absolute Gasteiger partial charge is 0.330 e. The number of halogens is 2. The van der Waals surface area contributed by atoms with Crippen LogP contribution in [0.1, 0.15) is 43.5 Å². The summed E-state index contributed by atoms with van der Waals surface area (Å²) >= 11 is 12.7. The van der Waals surface area contributed by atoms with Gasteiger partial charge in [0.25, 0.3) is 0 Å². The van der Waals surface area contributed by atoms with Gasteiger partial charge in [0.05, 0.1) is 29.2 Å². The molecule has 0 amide bonds. The molecular formula is C37H34Cl2N4O4S. The van der Waals surface area contributed by atoms with E-state index in [1.807, 2.05) is 29.0 Å². The first-order chi connectivity index (χ1) is 23.2. The van der Waals surface area contributed by atoms with Crippen LogP contribution in [0.3, 0.4) is 0 Å². The second kappa shape index (κ2) is 13.6. The van der Waals surface area contributed by atoms with Gasteiger partial charge < -0.3 is 14.4 Å². The van der Waals surface area contributed by atoms with Crippen molar-refractivity contribution in [2.24, 2.45) is 5.92 Å². The highest BCUT2D eigenvalue weighted by Gasteiger charge is 2.28. The monoisotopic (exact) mass is 700 g/mol. The zero-order valence-corrected chi connectivity index (χ0v) is 28.3. The van der Waals surface area contributed by atoms with Crippen molar-refractivity contribution < 1.29 is 18.3 Å². The van der Waals surface area contributed by atoms with Gasteiger partial charge in [0.1, 0.15) is 11.6 Å². The Morgan fingerprint density at radius 3 is 2.17 bits per heavy atom. The summed E-state index contributed by atoms with van der Waals surface area (Å²) in [5.74, 6) is 1.90. The average Bonchev–Trinajstić information content (AvgIpc) is 3.63. The molecule has 0 saturated heterocycles. The molecule has 11 heteroatoms. The molecule has 0 atom stereocenters. The van der Waals surface area contributed by atoms with E-state index in [0.717, 1.165) is 56.6 Å². The van der Waals surface area contributed by atoms with Crippen LogP contribution < -0.4 is 13.8 Å². The third-order valence-electron chi connectivity index (χ3n) is 8.81. The fourth-order valence-electron chi connectivity index (χ4n) is 6.26. The number of benzene rings is 4. The summed E-state index contributed by atoms with van der Waals surface area (Å²) in [6.07, 6.45) is 10.1. The number of imidazole rings is 1. The summed E-state index contributed by atoms with van der Waals surface area (Å²) in [6, 6.07) is 29.0.